The lowest BCUT2D eigenvalue weighted by molar-refractivity contribution is 0.251. The van der Waals surface area contributed by atoms with Crippen LogP contribution in [0.4, 0.5) is 0 Å². The Kier molecular flexibility index (Phi) is 4.01. The number of halogens is 1. The van der Waals surface area contributed by atoms with Crippen LogP contribution >= 0.6 is 22.9 Å². The summed E-state index contributed by atoms with van der Waals surface area (Å²) in [6.45, 7) is 2.88. The topological polar surface area (TPSA) is 32.3 Å². The number of aliphatic hydroxyl groups excluding tert-OH is 1. The van der Waals surface area contributed by atoms with Crippen molar-refractivity contribution in [1.82, 2.24) is 5.32 Å². The van der Waals surface area contributed by atoms with Crippen LogP contribution in [-0.2, 0) is 6.54 Å². The highest BCUT2D eigenvalue weighted by Gasteiger charge is 2.00. The number of hydrogen-bond acceptors (Lipinski definition) is 3. The molecule has 0 radical (unpaired) electrons. The first-order valence-corrected chi connectivity index (χ1v) is 5.05. The number of rotatable bonds is 4. The van der Waals surface area contributed by atoms with Crippen LogP contribution in [0, 0.1) is 0 Å². The van der Waals surface area contributed by atoms with Crippen LogP contribution in [0.1, 0.15) is 11.8 Å². The Balaban J connectivity index is 2.33. The first-order chi connectivity index (χ1) is 5.72. The van der Waals surface area contributed by atoms with E-state index in [4.69, 9.17) is 16.7 Å². The molecule has 0 bridgehead atoms. The summed E-state index contributed by atoms with van der Waals surface area (Å²) in [4.78, 5) is 1.19. The summed E-state index contributed by atoms with van der Waals surface area (Å²) in [5.74, 6) is 0. The van der Waals surface area contributed by atoms with Gasteiger partial charge in [-0.3, -0.25) is 0 Å². The van der Waals surface area contributed by atoms with Crippen molar-refractivity contribution in [3.8, 4) is 0 Å². The highest BCUT2D eigenvalue weighted by Crippen LogP contribution is 2.18. The quantitative estimate of drug-likeness (QED) is 0.787. The van der Waals surface area contributed by atoms with Gasteiger partial charge in [0.1, 0.15) is 0 Å². The number of aliphatic hydroxyl groups is 1. The van der Waals surface area contributed by atoms with Crippen molar-refractivity contribution >= 4 is 22.9 Å². The smallest absolute Gasteiger partial charge is 0.0582 e. The SMILES string of the molecule is CC(CO)NCc1cc(Cl)cs1. The maximum atomic E-state index is 8.73. The molecule has 0 aliphatic heterocycles. The molecular weight excluding hydrogens is 194 g/mol. The molecule has 0 spiro atoms. The maximum Gasteiger partial charge on any atom is 0.0582 e. The maximum absolute atomic E-state index is 8.73. The van der Waals surface area contributed by atoms with Gasteiger partial charge in [0.05, 0.1) is 11.6 Å². The standard InChI is InChI=1S/C8H12ClNOS/c1-6(4-11)10-3-8-2-7(9)5-12-8/h2,5-6,10-11H,3-4H2,1H3. The van der Waals surface area contributed by atoms with Crippen LogP contribution in [0.2, 0.25) is 5.02 Å². The zero-order valence-corrected chi connectivity index (χ0v) is 8.45. The molecule has 0 aromatic carbocycles. The molecule has 4 heteroatoms. The molecule has 2 nitrogen and oxygen atoms in total. The van der Waals surface area contributed by atoms with E-state index >= 15 is 0 Å². The van der Waals surface area contributed by atoms with Gasteiger partial charge < -0.3 is 10.4 Å². The Labute approximate surface area is 81.2 Å². The van der Waals surface area contributed by atoms with Gasteiger partial charge in [-0.2, -0.15) is 0 Å². The second-order valence-electron chi connectivity index (χ2n) is 2.70. The molecule has 1 aromatic rings. The van der Waals surface area contributed by atoms with Gasteiger partial charge in [-0.1, -0.05) is 11.6 Å². The summed E-state index contributed by atoms with van der Waals surface area (Å²) in [7, 11) is 0. The van der Waals surface area contributed by atoms with Crippen LogP contribution in [0.3, 0.4) is 0 Å². The molecule has 0 aliphatic rings. The average Bonchev–Trinajstić information content (AvgIpc) is 2.47. The van der Waals surface area contributed by atoms with Crippen molar-refractivity contribution < 1.29 is 5.11 Å². The molecule has 1 heterocycles. The zero-order valence-electron chi connectivity index (χ0n) is 6.88. The third kappa shape index (κ3) is 3.11. The predicted molar refractivity (Wildman–Crippen MR) is 52.7 cm³/mol. The Morgan fingerprint density at radius 3 is 3.00 bits per heavy atom. The Hall–Kier alpha value is -0.0900. The molecule has 1 rings (SSSR count). The lowest BCUT2D eigenvalue weighted by atomic mass is 10.3. The molecular formula is C8H12ClNOS. The molecule has 12 heavy (non-hydrogen) atoms. The lowest BCUT2D eigenvalue weighted by Gasteiger charge is -2.08. The first kappa shape index (κ1) is 9.99. The third-order valence-corrected chi connectivity index (χ3v) is 2.80. The normalized spacial score (nSPS) is 13.2. The minimum atomic E-state index is 0.144. The molecule has 1 atom stereocenters. The minimum Gasteiger partial charge on any atom is -0.395 e. The van der Waals surface area contributed by atoms with Crippen molar-refractivity contribution in [2.24, 2.45) is 0 Å². The lowest BCUT2D eigenvalue weighted by Crippen LogP contribution is -2.28. The van der Waals surface area contributed by atoms with Gasteiger partial charge in [-0.05, 0) is 13.0 Å². The Bertz CT molecular complexity index is 239. The highest BCUT2D eigenvalue weighted by molar-refractivity contribution is 7.10. The van der Waals surface area contributed by atoms with E-state index in [1.807, 2.05) is 18.4 Å². The molecule has 0 aliphatic carbocycles. The van der Waals surface area contributed by atoms with E-state index in [1.165, 1.54) is 4.88 Å². The van der Waals surface area contributed by atoms with Crippen LogP contribution in [0.5, 0.6) is 0 Å². The van der Waals surface area contributed by atoms with Crippen LogP contribution in [0.25, 0.3) is 0 Å². The van der Waals surface area contributed by atoms with E-state index in [9.17, 15) is 0 Å². The first-order valence-electron chi connectivity index (χ1n) is 3.79. The molecule has 1 aromatic heterocycles. The van der Waals surface area contributed by atoms with E-state index in [0.717, 1.165) is 11.6 Å². The fraction of sp³-hybridized carbons (Fsp3) is 0.500. The summed E-state index contributed by atoms with van der Waals surface area (Å²) in [6.07, 6.45) is 0. The van der Waals surface area contributed by atoms with Gasteiger partial charge in [-0.15, -0.1) is 11.3 Å². The van der Waals surface area contributed by atoms with Crippen molar-refractivity contribution in [2.45, 2.75) is 19.5 Å². The second kappa shape index (κ2) is 4.82. The predicted octanol–water partition coefficient (Wildman–Crippen LogP) is 1.87. The van der Waals surface area contributed by atoms with Gasteiger partial charge in [0.15, 0.2) is 0 Å². The van der Waals surface area contributed by atoms with E-state index < -0.39 is 0 Å². The molecule has 1 unspecified atom stereocenters. The summed E-state index contributed by atoms with van der Waals surface area (Å²) in [6, 6.07) is 2.08. The fourth-order valence-corrected chi connectivity index (χ4v) is 1.81. The molecule has 68 valence electrons. The molecule has 0 saturated carbocycles. The van der Waals surface area contributed by atoms with Gasteiger partial charge in [0, 0.05) is 22.8 Å². The van der Waals surface area contributed by atoms with Crippen molar-refractivity contribution in [3.05, 3.63) is 21.3 Å². The van der Waals surface area contributed by atoms with Crippen molar-refractivity contribution in [2.75, 3.05) is 6.61 Å². The molecule has 0 fully saturated rings. The van der Waals surface area contributed by atoms with E-state index in [1.54, 1.807) is 11.3 Å². The fourth-order valence-electron chi connectivity index (χ4n) is 0.786. The number of nitrogens with one attached hydrogen (secondary N) is 1. The van der Waals surface area contributed by atoms with Crippen molar-refractivity contribution in [3.63, 3.8) is 0 Å². The Morgan fingerprint density at radius 1 is 1.75 bits per heavy atom. The van der Waals surface area contributed by atoms with Crippen LogP contribution in [0.15, 0.2) is 11.4 Å². The van der Waals surface area contributed by atoms with E-state index in [0.29, 0.717) is 0 Å². The van der Waals surface area contributed by atoms with Gasteiger partial charge >= 0.3 is 0 Å². The molecule has 2 N–H and O–H groups in total. The zero-order chi connectivity index (χ0) is 8.97. The van der Waals surface area contributed by atoms with E-state index in [2.05, 4.69) is 5.32 Å². The summed E-state index contributed by atoms with van der Waals surface area (Å²) >= 11 is 7.37. The molecule has 0 amide bonds. The van der Waals surface area contributed by atoms with Crippen LogP contribution in [-0.4, -0.2) is 17.8 Å². The number of thiophene rings is 1. The average molecular weight is 206 g/mol. The highest BCUT2D eigenvalue weighted by atomic mass is 35.5. The minimum absolute atomic E-state index is 0.144. The summed E-state index contributed by atoms with van der Waals surface area (Å²) in [5.41, 5.74) is 0. The van der Waals surface area contributed by atoms with E-state index in [-0.39, 0.29) is 12.6 Å². The summed E-state index contributed by atoms with van der Waals surface area (Å²) in [5, 5.41) is 14.6. The second-order valence-corrected chi connectivity index (χ2v) is 4.13. The van der Waals surface area contributed by atoms with Gasteiger partial charge in [0.25, 0.3) is 0 Å². The third-order valence-electron chi connectivity index (χ3n) is 1.52. The monoisotopic (exact) mass is 205 g/mol. The van der Waals surface area contributed by atoms with Crippen molar-refractivity contribution in [1.29, 1.82) is 0 Å². The summed E-state index contributed by atoms with van der Waals surface area (Å²) < 4.78 is 0. The van der Waals surface area contributed by atoms with Gasteiger partial charge in [-0.25, -0.2) is 0 Å². The largest absolute Gasteiger partial charge is 0.395 e. The Morgan fingerprint density at radius 2 is 2.50 bits per heavy atom. The van der Waals surface area contributed by atoms with Crippen LogP contribution < -0.4 is 5.32 Å². The number of hydrogen-bond donors (Lipinski definition) is 2. The van der Waals surface area contributed by atoms with Gasteiger partial charge in [0.2, 0.25) is 0 Å². The molecule has 0 saturated heterocycles.